The quantitative estimate of drug-likeness (QED) is 0.643. The number of likely N-dealkylation sites (tertiary alicyclic amines) is 1. The molecule has 1 saturated heterocycles. The summed E-state index contributed by atoms with van der Waals surface area (Å²) in [4.78, 5) is 2.71. The Hall–Kier alpha value is 0.440. The molecule has 0 amide bonds. The molecule has 0 radical (unpaired) electrons. The fourth-order valence-electron chi connectivity index (χ4n) is 3.07. The van der Waals surface area contributed by atoms with E-state index in [1.165, 1.54) is 38.9 Å². The Morgan fingerprint density at radius 1 is 1.05 bits per heavy atom. The Morgan fingerprint density at radius 3 is 2.16 bits per heavy atom. The van der Waals surface area contributed by atoms with Crippen molar-refractivity contribution in [2.24, 2.45) is 22.7 Å². The SMILES string of the molecule is CC(C)(C)C1CCCN(CC(CBr)C(C)(C)C)CC1. The van der Waals surface area contributed by atoms with Gasteiger partial charge < -0.3 is 4.90 Å². The van der Waals surface area contributed by atoms with Crippen molar-refractivity contribution in [3.05, 3.63) is 0 Å². The highest BCUT2D eigenvalue weighted by Gasteiger charge is 2.30. The summed E-state index contributed by atoms with van der Waals surface area (Å²) in [5.74, 6) is 1.65. The van der Waals surface area contributed by atoms with Crippen LogP contribution < -0.4 is 0 Å². The Labute approximate surface area is 129 Å². The first-order chi connectivity index (χ1) is 8.64. The number of halogens is 1. The molecule has 114 valence electrons. The van der Waals surface area contributed by atoms with Gasteiger partial charge in [-0.2, -0.15) is 0 Å². The van der Waals surface area contributed by atoms with E-state index in [0.717, 1.165) is 17.2 Å². The average molecular weight is 332 g/mol. The smallest absolute Gasteiger partial charge is 0.00768 e. The lowest BCUT2D eigenvalue weighted by atomic mass is 9.77. The van der Waals surface area contributed by atoms with Crippen molar-refractivity contribution >= 4 is 15.9 Å². The molecule has 1 aliphatic heterocycles. The van der Waals surface area contributed by atoms with E-state index in [-0.39, 0.29) is 0 Å². The molecule has 0 saturated carbocycles. The second kappa shape index (κ2) is 6.93. The fraction of sp³-hybridized carbons (Fsp3) is 1.00. The first kappa shape index (κ1) is 17.5. The summed E-state index contributed by atoms with van der Waals surface area (Å²) in [7, 11) is 0. The highest BCUT2D eigenvalue weighted by atomic mass is 79.9. The minimum atomic E-state index is 0.402. The van der Waals surface area contributed by atoms with Crippen LogP contribution in [0, 0.1) is 22.7 Å². The zero-order chi connectivity index (χ0) is 14.7. The van der Waals surface area contributed by atoms with Crippen LogP contribution in [0.1, 0.15) is 60.8 Å². The Morgan fingerprint density at radius 2 is 1.68 bits per heavy atom. The lowest BCUT2D eigenvalue weighted by molar-refractivity contribution is 0.161. The first-order valence-electron chi connectivity index (χ1n) is 7.93. The maximum atomic E-state index is 3.71. The summed E-state index contributed by atoms with van der Waals surface area (Å²) in [6, 6.07) is 0. The molecule has 2 atom stereocenters. The van der Waals surface area contributed by atoms with Crippen molar-refractivity contribution in [1.82, 2.24) is 4.90 Å². The molecule has 0 spiro atoms. The molecule has 1 heterocycles. The van der Waals surface area contributed by atoms with Crippen LogP contribution in [0.25, 0.3) is 0 Å². The molecule has 1 fully saturated rings. The number of nitrogens with zero attached hydrogens (tertiary/aromatic N) is 1. The zero-order valence-corrected chi connectivity index (χ0v) is 15.5. The Kier molecular flexibility index (Phi) is 6.38. The molecule has 0 aromatic rings. The van der Waals surface area contributed by atoms with Gasteiger partial charge in [-0.1, -0.05) is 57.5 Å². The van der Waals surface area contributed by atoms with E-state index < -0.39 is 0 Å². The van der Waals surface area contributed by atoms with Crippen LogP contribution in [0.4, 0.5) is 0 Å². The molecule has 1 aliphatic rings. The average Bonchev–Trinajstić information content (AvgIpc) is 2.48. The molecular weight excluding hydrogens is 298 g/mol. The number of hydrogen-bond donors (Lipinski definition) is 0. The van der Waals surface area contributed by atoms with Crippen LogP contribution in [0.5, 0.6) is 0 Å². The van der Waals surface area contributed by atoms with Gasteiger partial charge in [-0.05, 0) is 55.0 Å². The van der Waals surface area contributed by atoms with Gasteiger partial charge in [0.05, 0.1) is 0 Å². The highest BCUT2D eigenvalue weighted by molar-refractivity contribution is 9.09. The maximum absolute atomic E-state index is 3.71. The van der Waals surface area contributed by atoms with Crippen LogP contribution in [0.15, 0.2) is 0 Å². The largest absolute Gasteiger partial charge is 0.303 e. The molecule has 1 nitrogen and oxygen atoms in total. The number of hydrogen-bond acceptors (Lipinski definition) is 1. The summed E-state index contributed by atoms with van der Waals surface area (Å²) in [6.45, 7) is 18.2. The van der Waals surface area contributed by atoms with E-state index in [1.807, 2.05) is 0 Å². The second-order valence-electron chi connectivity index (χ2n) is 8.51. The van der Waals surface area contributed by atoms with Crippen LogP contribution in [-0.4, -0.2) is 29.9 Å². The van der Waals surface area contributed by atoms with E-state index in [1.54, 1.807) is 0 Å². The van der Waals surface area contributed by atoms with Gasteiger partial charge in [0.1, 0.15) is 0 Å². The van der Waals surface area contributed by atoms with Crippen molar-refractivity contribution in [2.45, 2.75) is 60.8 Å². The third kappa shape index (κ3) is 5.75. The van der Waals surface area contributed by atoms with E-state index in [2.05, 4.69) is 62.4 Å². The van der Waals surface area contributed by atoms with Crippen molar-refractivity contribution < 1.29 is 0 Å². The molecular formula is C17H34BrN. The predicted octanol–water partition coefficient (Wildman–Crippen LogP) is 5.19. The van der Waals surface area contributed by atoms with E-state index in [9.17, 15) is 0 Å². The van der Waals surface area contributed by atoms with Gasteiger partial charge in [0.2, 0.25) is 0 Å². The minimum absolute atomic E-state index is 0.402. The van der Waals surface area contributed by atoms with Crippen molar-refractivity contribution in [1.29, 1.82) is 0 Å². The summed E-state index contributed by atoms with van der Waals surface area (Å²) in [5, 5.41) is 1.12. The van der Waals surface area contributed by atoms with Crippen LogP contribution in [0.2, 0.25) is 0 Å². The van der Waals surface area contributed by atoms with Gasteiger partial charge in [-0.25, -0.2) is 0 Å². The van der Waals surface area contributed by atoms with Crippen molar-refractivity contribution in [2.75, 3.05) is 25.0 Å². The third-order valence-corrected chi connectivity index (χ3v) is 5.72. The van der Waals surface area contributed by atoms with Crippen LogP contribution >= 0.6 is 15.9 Å². The molecule has 0 aromatic carbocycles. The second-order valence-corrected chi connectivity index (χ2v) is 9.16. The molecule has 0 N–H and O–H groups in total. The molecule has 0 bridgehead atoms. The van der Waals surface area contributed by atoms with Gasteiger partial charge in [0.25, 0.3) is 0 Å². The van der Waals surface area contributed by atoms with E-state index >= 15 is 0 Å². The van der Waals surface area contributed by atoms with Gasteiger partial charge in [0.15, 0.2) is 0 Å². The van der Waals surface area contributed by atoms with Gasteiger partial charge in [0, 0.05) is 11.9 Å². The molecule has 0 aromatic heterocycles. The predicted molar refractivity (Wildman–Crippen MR) is 90.0 cm³/mol. The standard InChI is InChI=1S/C17H34BrN/c1-16(2,3)14-8-7-10-19(11-9-14)13-15(12-18)17(4,5)6/h14-15H,7-13H2,1-6H3. The monoisotopic (exact) mass is 331 g/mol. The topological polar surface area (TPSA) is 3.24 Å². The van der Waals surface area contributed by atoms with Gasteiger partial charge >= 0.3 is 0 Å². The molecule has 2 heteroatoms. The number of alkyl halides is 1. The summed E-state index contributed by atoms with van der Waals surface area (Å²) >= 11 is 3.71. The zero-order valence-electron chi connectivity index (χ0n) is 13.9. The maximum Gasteiger partial charge on any atom is 0.00768 e. The summed E-state index contributed by atoms with van der Waals surface area (Å²) in [5.41, 5.74) is 0.883. The van der Waals surface area contributed by atoms with Gasteiger partial charge in [-0.15, -0.1) is 0 Å². The van der Waals surface area contributed by atoms with E-state index in [0.29, 0.717) is 10.8 Å². The van der Waals surface area contributed by atoms with E-state index in [4.69, 9.17) is 0 Å². The number of rotatable bonds is 3. The lowest BCUT2D eigenvalue weighted by Gasteiger charge is -2.34. The lowest BCUT2D eigenvalue weighted by Crippen LogP contribution is -2.37. The van der Waals surface area contributed by atoms with Gasteiger partial charge in [-0.3, -0.25) is 0 Å². The highest BCUT2D eigenvalue weighted by Crippen LogP contribution is 2.35. The first-order valence-corrected chi connectivity index (χ1v) is 9.05. The molecule has 1 rings (SSSR count). The minimum Gasteiger partial charge on any atom is -0.303 e. The van der Waals surface area contributed by atoms with Crippen molar-refractivity contribution in [3.63, 3.8) is 0 Å². The van der Waals surface area contributed by atoms with Crippen LogP contribution in [-0.2, 0) is 0 Å². The molecule has 19 heavy (non-hydrogen) atoms. The third-order valence-electron chi connectivity index (χ3n) is 4.94. The molecule has 2 unspecified atom stereocenters. The summed E-state index contributed by atoms with van der Waals surface area (Å²) in [6.07, 6.45) is 4.16. The Balaban J connectivity index is 2.54. The molecule has 0 aliphatic carbocycles. The van der Waals surface area contributed by atoms with Crippen LogP contribution in [0.3, 0.4) is 0 Å². The van der Waals surface area contributed by atoms with Crippen molar-refractivity contribution in [3.8, 4) is 0 Å². The fourth-order valence-corrected chi connectivity index (χ4v) is 4.25. The summed E-state index contributed by atoms with van der Waals surface area (Å²) < 4.78 is 0. The Bertz CT molecular complexity index is 261. The normalized spacial score (nSPS) is 25.1.